The molecule has 2 aromatic rings. The molecule has 108 valence electrons. The Labute approximate surface area is 124 Å². The quantitative estimate of drug-likeness (QED) is 0.680. The SMILES string of the molecule is Cc1ccc(Oc2c(Cl)cccc2C(=O)O)c([N+](=O)[O-])c1. The second-order valence-corrected chi connectivity index (χ2v) is 4.66. The zero-order valence-corrected chi connectivity index (χ0v) is 11.6. The van der Waals surface area contributed by atoms with Gasteiger partial charge in [-0.3, -0.25) is 10.1 Å². The number of para-hydroxylation sites is 1. The number of hydrogen-bond donors (Lipinski definition) is 1. The average Bonchev–Trinajstić information content (AvgIpc) is 2.42. The minimum Gasteiger partial charge on any atom is -0.478 e. The minimum absolute atomic E-state index is 0.0600. The normalized spacial score (nSPS) is 10.2. The summed E-state index contributed by atoms with van der Waals surface area (Å²) in [5, 5.41) is 20.2. The number of ether oxygens (including phenoxy) is 1. The zero-order chi connectivity index (χ0) is 15.6. The van der Waals surface area contributed by atoms with Crippen LogP contribution < -0.4 is 4.74 Å². The average molecular weight is 308 g/mol. The van der Waals surface area contributed by atoms with Gasteiger partial charge >= 0.3 is 11.7 Å². The van der Waals surface area contributed by atoms with E-state index in [4.69, 9.17) is 21.4 Å². The molecule has 0 radical (unpaired) electrons. The fourth-order valence-electron chi connectivity index (χ4n) is 1.75. The molecule has 0 aliphatic heterocycles. The van der Waals surface area contributed by atoms with Crippen molar-refractivity contribution in [3.05, 3.63) is 62.7 Å². The zero-order valence-electron chi connectivity index (χ0n) is 10.9. The Hall–Kier alpha value is -2.60. The van der Waals surface area contributed by atoms with Crippen molar-refractivity contribution < 1.29 is 19.6 Å². The second kappa shape index (κ2) is 5.80. The maximum absolute atomic E-state index is 11.2. The molecule has 21 heavy (non-hydrogen) atoms. The van der Waals surface area contributed by atoms with Gasteiger partial charge < -0.3 is 9.84 Å². The number of carboxylic acids is 1. The van der Waals surface area contributed by atoms with Crippen LogP contribution in [0.1, 0.15) is 15.9 Å². The minimum atomic E-state index is -1.23. The van der Waals surface area contributed by atoms with E-state index in [0.29, 0.717) is 5.56 Å². The topological polar surface area (TPSA) is 89.7 Å². The van der Waals surface area contributed by atoms with Gasteiger partial charge in [0.05, 0.1) is 9.95 Å². The Morgan fingerprint density at radius 3 is 2.67 bits per heavy atom. The van der Waals surface area contributed by atoms with Gasteiger partial charge in [0.1, 0.15) is 5.56 Å². The summed E-state index contributed by atoms with van der Waals surface area (Å²) < 4.78 is 5.39. The van der Waals surface area contributed by atoms with Crippen molar-refractivity contribution >= 4 is 23.3 Å². The van der Waals surface area contributed by atoms with Gasteiger partial charge in [-0.1, -0.05) is 23.7 Å². The van der Waals surface area contributed by atoms with Crippen LogP contribution in [0.15, 0.2) is 36.4 Å². The number of aryl methyl sites for hydroxylation is 1. The Kier molecular flexibility index (Phi) is 4.09. The van der Waals surface area contributed by atoms with Crippen LogP contribution in [0.25, 0.3) is 0 Å². The van der Waals surface area contributed by atoms with E-state index in [9.17, 15) is 14.9 Å². The molecule has 0 atom stereocenters. The van der Waals surface area contributed by atoms with Crippen LogP contribution in [-0.2, 0) is 0 Å². The number of aromatic carboxylic acids is 1. The first-order valence-corrected chi connectivity index (χ1v) is 6.22. The van der Waals surface area contributed by atoms with Crippen LogP contribution in [0.3, 0.4) is 0 Å². The highest BCUT2D eigenvalue weighted by Crippen LogP contribution is 2.37. The van der Waals surface area contributed by atoms with Crippen molar-refractivity contribution in [3.63, 3.8) is 0 Å². The molecule has 0 aliphatic carbocycles. The lowest BCUT2D eigenvalue weighted by atomic mass is 10.2. The Balaban J connectivity index is 2.53. The number of rotatable bonds is 4. The van der Waals surface area contributed by atoms with Gasteiger partial charge in [-0.2, -0.15) is 0 Å². The van der Waals surface area contributed by atoms with Crippen molar-refractivity contribution in [2.24, 2.45) is 0 Å². The Morgan fingerprint density at radius 2 is 2.05 bits per heavy atom. The molecule has 0 amide bonds. The molecule has 0 saturated carbocycles. The summed E-state index contributed by atoms with van der Waals surface area (Å²) in [6, 6.07) is 8.59. The van der Waals surface area contributed by atoms with Crippen molar-refractivity contribution in [1.29, 1.82) is 0 Å². The first-order chi connectivity index (χ1) is 9.90. The molecule has 0 heterocycles. The molecule has 2 aromatic carbocycles. The first-order valence-electron chi connectivity index (χ1n) is 5.85. The van der Waals surface area contributed by atoms with E-state index in [1.165, 1.54) is 30.3 Å². The molecule has 0 unspecified atom stereocenters. The van der Waals surface area contributed by atoms with E-state index < -0.39 is 10.9 Å². The predicted octanol–water partition coefficient (Wildman–Crippen LogP) is 4.05. The summed E-state index contributed by atoms with van der Waals surface area (Å²) in [6.07, 6.45) is 0. The maximum Gasteiger partial charge on any atom is 0.339 e. The van der Waals surface area contributed by atoms with Gasteiger partial charge in [-0.05, 0) is 30.7 Å². The van der Waals surface area contributed by atoms with E-state index in [0.717, 1.165) is 0 Å². The smallest absolute Gasteiger partial charge is 0.339 e. The molecule has 0 saturated heterocycles. The molecule has 0 aliphatic rings. The Morgan fingerprint density at radius 1 is 1.33 bits per heavy atom. The molecule has 0 spiro atoms. The highest BCUT2D eigenvalue weighted by atomic mass is 35.5. The summed E-state index contributed by atoms with van der Waals surface area (Å²) >= 11 is 5.93. The fourth-order valence-corrected chi connectivity index (χ4v) is 1.96. The van der Waals surface area contributed by atoms with Gasteiger partial charge in [0.25, 0.3) is 0 Å². The van der Waals surface area contributed by atoms with Gasteiger partial charge in [0.15, 0.2) is 5.75 Å². The number of nitrogens with zero attached hydrogens (tertiary/aromatic N) is 1. The number of carboxylic acid groups (broad SMARTS) is 1. The Bertz CT molecular complexity index is 729. The molecule has 6 nitrogen and oxygen atoms in total. The third kappa shape index (κ3) is 3.11. The molecule has 7 heteroatoms. The predicted molar refractivity (Wildman–Crippen MR) is 76.3 cm³/mol. The number of hydrogen-bond acceptors (Lipinski definition) is 4. The molecule has 0 fully saturated rings. The van der Waals surface area contributed by atoms with Crippen molar-refractivity contribution in [1.82, 2.24) is 0 Å². The van der Waals surface area contributed by atoms with Crippen LogP contribution >= 0.6 is 11.6 Å². The number of benzene rings is 2. The highest BCUT2D eigenvalue weighted by Gasteiger charge is 2.21. The van der Waals surface area contributed by atoms with E-state index in [-0.39, 0.29) is 27.8 Å². The summed E-state index contributed by atoms with van der Waals surface area (Å²) in [7, 11) is 0. The van der Waals surface area contributed by atoms with Crippen LogP contribution in [0.2, 0.25) is 5.02 Å². The number of nitro groups is 1. The van der Waals surface area contributed by atoms with Crippen molar-refractivity contribution in [3.8, 4) is 11.5 Å². The van der Waals surface area contributed by atoms with Gasteiger partial charge in [0, 0.05) is 6.07 Å². The summed E-state index contributed by atoms with van der Waals surface area (Å²) in [6.45, 7) is 1.70. The number of nitro benzene ring substituents is 1. The number of carbonyl (C=O) groups is 1. The summed E-state index contributed by atoms with van der Waals surface area (Å²) in [5.74, 6) is -1.43. The van der Waals surface area contributed by atoms with E-state index >= 15 is 0 Å². The molecule has 2 rings (SSSR count). The van der Waals surface area contributed by atoms with Gasteiger partial charge in [-0.25, -0.2) is 4.79 Å². The summed E-state index contributed by atoms with van der Waals surface area (Å²) in [4.78, 5) is 21.6. The van der Waals surface area contributed by atoms with E-state index in [2.05, 4.69) is 0 Å². The third-order valence-corrected chi connectivity index (χ3v) is 3.02. The van der Waals surface area contributed by atoms with Gasteiger partial charge in [0.2, 0.25) is 5.75 Å². The van der Waals surface area contributed by atoms with Crippen LogP contribution in [0.4, 0.5) is 5.69 Å². The highest BCUT2D eigenvalue weighted by molar-refractivity contribution is 6.32. The molecule has 0 bridgehead atoms. The van der Waals surface area contributed by atoms with E-state index in [1.54, 1.807) is 13.0 Å². The maximum atomic E-state index is 11.2. The molecule has 0 aromatic heterocycles. The first kappa shape index (κ1) is 14.8. The van der Waals surface area contributed by atoms with Crippen molar-refractivity contribution in [2.75, 3.05) is 0 Å². The van der Waals surface area contributed by atoms with Crippen LogP contribution in [-0.4, -0.2) is 16.0 Å². The lowest BCUT2D eigenvalue weighted by Crippen LogP contribution is -2.01. The largest absolute Gasteiger partial charge is 0.478 e. The lowest BCUT2D eigenvalue weighted by molar-refractivity contribution is -0.385. The van der Waals surface area contributed by atoms with E-state index in [1.807, 2.05) is 0 Å². The number of halogens is 1. The van der Waals surface area contributed by atoms with Crippen LogP contribution in [0, 0.1) is 17.0 Å². The van der Waals surface area contributed by atoms with Gasteiger partial charge in [-0.15, -0.1) is 0 Å². The standard InChI is InChI=1S/C14H10ClNO5/c1-8-5-6-12(11(7-8)16(19)20)21-13-9(14(17)18)3-2-4-10(13)15/h2-7H,1H3,(H,17,18). The lowest BCUT2D eigenvalue weighted by Gasteiger charge is -2.11. The molecular weight excluding hydrogens is 298 g/mol. The van der Waals surface area contributed by atoms with Crippen LogP contribution in [0.5, 0.6) is 11.5 Å². The second-order valence-electron chi connectivity index (χ2n) is 4.25. The molecule has 1 N–H and O–H groups in total. The monoisotopic (exact) mass is 307 g/mol. The fraction of sp³-hybridized carbons (Fsp3) is 0.0714. The van der Waals surface area contributed by atoms with Crippen molar-refractivity contribution in [2.45, 2.75) is 6.92 Å². The third-order valence-electron chi connectivity index (χ3n) is 2.72. The summed E-state index contributed by atoms with van der Waals surface area (Å²) in [5.41, 5.74) is 0.260. The molecular formula is C14H10ClNO5.